The summed E-state index contributed by atoms with van der Waals surface area (Å²) in [7, 11) is 1.84. The second-order valence-electron chi connectivity index (χ2n) is 3.76. The number of nitrogens with zero attached hydrogens (tertiary/aromatic N) is 4. The topological polar surface area (TPSA) is 88.1 Å². The van der Waals surface area contributed by atoms with Crippen molar-refractivity contribution in [3.63, 3.8) is 0 Å². The van der Waals surface area contributed by atoms with Crippen molar-refractivity contribution in [1.82, 2.24) is 9.97 Å². The Morgan fingerprint density at radius 2 is 2.29 bits per heavy atom. The van der Waals surface area contributed by atoms with Gasteiger partial charge >= 0.3 is 0 Å². The quantitative estimate of drug-likeness (QED) is 0.820. The zero-order valence-corrected chi connectivity index (χ0v) is 10.3. The van der Waals surface area contributed by atoms with Gasteiger partial charge in [-0.15, -0.1) is 0 Å². The molecule has 1 unspecified atom stereocenters. The van der Waals surface area contributed by atoms with E-state index in [0.717, 1.165) is 0 Å². The van der Waals surface area contributed by atoms with E-state index in [2.05, 4.69) is 16.0 Å². The van der Waals surface area contributed by atoms with E-state index in [-0.39, 0.29) is 5.92 Å². The van der Waals surface area contributed by atoms with Crippen molar-refractivity contribution < 1.29 is 4.74 Å². The average Bonchev–Trinajstić information content (AvgIpc) is 2.31. The summed E-state index contributed by atoms with van der Waals surface area (Å²) in [6.45, 7) is 4.77. The molecule has 2 N–H and O–H groups in total. The van der Waals surface area contributed by atoms with Gasteiger partial charge in [0.15, 0.2) is 5.82 Å². The summed E-state index contributed by atoms with van der Waals surface area (Å²) in [6, 6.07) is 2.17. The molecule has 0 bridgehead atoms. The molecule has 6 nitrogen and oxygen atoms in total. The van der Waals surface area contributed by atoms with Crippen molar-refractivity contribution in [3.8, 4) is 11.9 Å². The highest BCUT2D eigenvalue weighted by molar-refractivity contribution is 5.67. The summed E-state index contributed by atoms with van der Waals surface area (Å²) in [6.07, 6.45) is 1.41. The molecular formula is C11H17N5O. The lowest BCUT2D eigenvalue weighted by molar-refractivity contribution is 0.328. The predicted octanol–water partition coefficient (Wildman–Crippen LogP) is 1.05. The maximum Gasteiger partial charge on any atom is 0.242 e. The first-order chi connectivity index (χ1) is 8.10. The molecule has 1 aromatic heterocycles. The van der Waals surface area contributed by atoms with Crippen LogP contribution in [0.5, 0.6) is 5.88 Å². The van der Waals surface area contributed by atoms with Crippen molar-refractivity contribution >= 4 is 11.5 Å². The zero-order chi connectivity index (χ0) is 12.8. The molecule has 0 radical (unpaired) electrons. The minimum absolute atomic E-state index is 0.0927. The van der Waals surface area contributed by atoms with Gasteiger partial charge in [0.05, 0.1) is 18.6 Å². The normalized spacial score (nSPS) is 11.6. The van der Waals surface area contributed by atoms with Crippen molar-refractivity contribution in [2.24, 2.45) is 5.92 Å². The van der Waals surface area contributed by atoms with E-state index < -0.39 is 0 Å². The Morgan fingerprint density at radius 1 is 1.59 bits per heavy atom. The van der Waals surface area contributed by atoms with Crippen LogP contribution in [0.1, 0.15) is 13.8 Å². The SMILES string of the molecule is CCOc1ncnc(N(C)CC(C)C#N)c1N. The fourth-order valence-corrected chi connectivity index (χ4v) is 1.46. The van der Waals surface area contributed by atoms with Crippen LogP contribution in [0.4, 0.5) is 11.5 Å². The molecular weight excluding hydrogens is 218 g/mol. The molecule has 1 atom stereocenters. The van der Waals surface area contributed by atoms with Crippen molar-refractivity contribution in [3.05, 3.63) is 6.33 Å². The van der Waals surface area contributed by atoms with E-state index in [1.54, 1.807) is 0 Å². The largest absolute Gasteiger partial charge is 0.476 e. The molecule has 1 rings (SSSR count). The summed E-state index contributed by atoms with van der Waals surface area (Å²) < 4.78 is 5.29. The van der Waals surface area contributed by atoms with Crippen LogP contribution in [-0.4, -0.2) is 30.2 Å². The molecule has 0 aliphatic rings. The maximum atomic E-state index is 8.77. The van der Waals surface area contributed by atoms with Gasteiger partial charge in [-0.25, -0.2) is 4.98 Å². The van der Waals surface area contributed by atoms with Gasteiger partial charge in [-0.05, 0) is 13.8 Å². The summed E-state index contributed by atoms with van der Waals surface area (Å²) in [5, 5.41) is 8.77. The predicted molar refractivity (Wildman–Crippen MR) is 65.7 cm³/mol. The van der Waals surface area contributed by atoms with Crippen molar-refractivity contribution in [2.75, 3.05) is 30.8 Å². The van der Waals surface area contributed by atoms with Crippen LogP contribution in [0.25, 0.3) is 0 Å². The minimum Gasteiger partial charge on any atom is -0.476 e. The van der Waals surface area contributed by atoms with E-state index in [1.165, 1.54) is 6.33 Å². The Bertz CT molecular complexity index is 415. The van der Waals surface area contributed by atoms with Crippen LogP contribution in [0.3, 0.4) is 0 Å². The Morgan fingerprint density at radius 3 is 2.88 bits per heavy atom. The number of rotatable bonds is 5. The summed E-state index contributed by atoms with van der Waals surface area (Å²) >= 11 is 0. The molecule has 0 aliphatic carbocycles. The number of nitriles is 1. The van der Waals surface area contributed by atoms with Gasteiger partial charge in [-0.1, -0.05) is 0 Å². The van der Waals surface area contributed by atoms with Crippen LogP contribution in [0.15, 0.2) is 6.33 Å². The number of hydrogen-bond donors (Lipinski definition) is 1. The lowest BCUT2D eigenvalue weighted by Crippen LogP contribution is -2.25. The number of nitrogen functional groups attached to an aromatic ring is 1. The summed E-state index contributed by atoms with van der Waals surface area (Å²) in [4.78, 5) is 9.90. The number of ether oxygens (including phenoxy) is 1. The average molecular weight is 235 g/mol. The molecule has 6 heteroatoms. The molecule has 0 aliphatic heterocycles. The maximum absolute atomic E-state index is 8.77. The van der Waals surface area contributed by atoms with Gasteiger partial charge in [0, 0.05) is 13.6 Å². The van der Waals surface area contributed by atoms with Crippen LogP contribution in [-0.2, 0) is 0 Å². The first-order valence-electron chi connectivity index (χ1n) is 5.44. The Balaban J connectivity index is 2.90. The fourth-order valence-electron chi connectivity index (χ4n) is 1.46. The van der Waals surface area contributed by atoms with Gasteiger partial charge in [0.2, 0.25) is 5.88 Å². The number of anilines is 2. The molecule has 0 saturated heterocycles. The number of aromatic nitrogens is 2. The molecule has 0 fully saturated rings. The standard InChI is InChI=1S/C11H17N5O/c1-4-17-11-9(13)10(14-7-15-11)16(3)6-8(2)5-12/h7-8H,4,6,13H2,1-3H3. The van der Waals surface area contributed by atoms with Crippen molar-refractivity contribution in [1.29, 1.82) is 5.26 Å². The van der Waals surface area contributed by atoms with E-state index in [4.69, 9.17) is 15.7 Å². The second kappa shape index (κ2) is 5.89. The molecule has 1 heterocycles. The molecule has 92 valence electrons. The van der Waals surface area contributed by atoms with Crippen molar-refractivity contribution in [2.45, 2.75) is 13.8 Å². The highest BCUT2D eigenvalue weighted by Gasteiger charge is 2.14. The third-order valence-electron chi connectivity index (χ3n) is 2.24. The lowest BCUT2D eigenvalue weighted by Gasteiger charge is -2.21. The van der Waals surface area contributed by atoms with Gasteiger partial charge in [0.1, 0.15) is 12.0 Å². The zero-order valence-electron chi connectivity index (χ0n) is 10.3. The molecule has 0 spiro atoms. The number of nitrogens with two attached hydrogens (primary N) is 1. The third kappa shape index (κ3) is 3.21. The van der Waals surface area contributed by atoms with Gasteiger partial charge in [0.25, 0.3) is 0 Å². The van der Waals surface area contributed by atoms with Crippen LogP contribution in [0.2, 0.25) is 0 Å². The van der Waals surface area contributed by atoms with E-state index >= 15 is 0 Å². The summed E-state index contributed by atoms with van der Waals surface area (Å²) in [5.41, 5.74) is 6.32. The van der Waals surface area contributed by atoms with Crippen LogP contribution in [0, 0.1) is 17.2 Å². The Labute approximate surface area is 101 Å². The molecule has 0 saturated carbocycles. The highest BCUT2D eigenvalue weighted by Crippen LogP contribution is 2.27. The molecule has 17 heavy (non-hydrogen) atoms. The van der Waals surface area contributed by atoms with Gasteiger partial charge in [-0.3, -0.25) is 0 Å². The summed E-state index contributed by atoms with van der Waals surface area (Å²) in [5.74, 6) is 0.879. The lowest BCUT2D eigenvalue weighted by atomic mass is 10.2. The van der Waals surface area contributed by atoms with Crippen LogP contribution < -0.4 is 15.4 Å². The molecule has 0 amide bonds. The highest BCUT2D eigenvalue weighted by atomic mass is 16.5. The first-order valence-corrected chi connectivity index (χ1v) is 5.44. The minimum atomic E-state index is -0.0927. The third-order valence-corrected chi connectivity index (χ3v) is 2.24. The molecule has 1 aromatic rings. The Hall–Kier alpha value is -2.03. The van der Waals surface area contributed by atoms with E-state index in [0.29, 0.717) is 30.5 Å². The number of hydrogen-bond acceptors (Lipinski definition) is 6. The smallest absolute Gasteiger partial charge is 0.242 e. The second-order valence-corrected chi connectivity index (χ2v) is 3.76. The van der Waals surface area contributed by atoms with Gasteiger partial charge < -0.3 is 15.4 Å². The Kier molecular flexibility index (Phi) is 4.52. The molecule has 0 aromatic carbocycles. The van der Waals surface area contributed by atoms with Gasteiger partial charge in [-0.2, -0.15) is 10.2 Å². The van der Waals surface area contributed by atoms with E-state index in [9.17, 15) is 0 Å². The fraction of sp³-hybridized carbons (Fsp3) is 0.545. The first kappa shape index (κ1) is 13.0. The monoisotopic (exact) mass is 235 g/mol. The van der Waals surface area contributed by atoms with Crippen LogP contribution >= 0.6 is 0 Å². The van der Waals surface area contributed by atoms with E-state index in [1.807, 2.05) is 25.8 Å².